The molecule has 2 fully saturated rings. The maximum Gasteiger partial charge on any atom is 0.325 e. The molecule has 3 rings (SSSR count). The molecular weight excluding hydrogens is 350 g/mol. The highest BCUT2D eigenvalue weighted by atomic mass is 16.5. The van der Waals surface area contributed by atoms with Crippen molar-refractivity contribution < 1.29 is 9.53 Å². The maximum atomic E-state index is 12.9. The Kier molecular flexibility index (Phi) is 8.31. The second-order valence-corrected chi connectivity index (χ2v) is 8.22. The molecule has 1 aliphatic carbocycles. The first-order valence-corrected chi connectivity index (χ1v) is 11.1. The number of rotatable bonds is 8. The zero-order chi connectivity index (χ0) is 19.8. The molecule has 1 saturated heterocycles. The van der Waals surface area contributed by atoms with Crippen LogP contribution in [0.15, 0.2) is 30.3 Å². The van der Waals surface area contributed by atoms with Crippen molar-refractivity contribution in [2.75, 3.05) is 32.8 Å². The number of carbonyl (C=O) groups excluding carboxylic acids is 1. The van der Waals surface area contributed by atoms with Crippen LogP contribution < -0.4 is 5.73 Å². The Morgan fingerprint density at radius 3 is 2.43 bits per heavy atom. The number of hydrogen-bond acceptors (Lipinski definition) is 4. The molecule has 2 atom stereocenters. The number of esters is 1. The van der Waals surface area contributed by atoms with Gasteiger partial charge in [-0.2, -0.15) is 0 Å². The van der Waals surface area contributed by atoms with Gasteiger partial charge in [-0.25, -0.2) is 5.73 Å². The fourth-order valence-corrected chi connectivity index (χ4v) is 4.57. The van der Waals surface area contributed by atoms with Crippen LogP contribution in [0.1, 0.15) is 63.5 Å². The zero-order valence-corrected chi connectivity index (χ0v) is 17.3. The molecule has 0 spiro atoms. The monoisotopic (exact) mass is 386 g/mol. The molecule has 1 N–H and O–H groups in total. The SMILES string of the molecule is CCCCOC(=O)C([C@H]([NH])c1ccccc1)N1CCN(C2CCCCC2)CC1. The quantitative estimate of drug-likeness (QED) is 0.505. The van der Waals surface area contributed by atoms with E-state index >= 15 is 0 Å². The summed E-state index contributed by atoms with van der Waals surface area (Å²) in [6.07, 6.45) is 8.57. The first-order chi connectivity index (χ1) is 13.7. The minimum atomic E-state index is -0.614. The fraction of sp³-hybridized carbons (Fsp3) is 0.696. The predicted molar refractivity (Wildman–Crippen MR) is 112 cm³/mol. The van der Waals surface area contributed by atoms with Crippen molar-refractivity contribution in [2.45, 2.75) is 70.0 Å². The number of nitrogens with one attached hydrogen (secondary N) is 1. The van der Waals surface area contributed by atoms with Crippen molar-refractivity contribution in [2.24, 2.45) is 0 Å². The Hall–Kier alpha value is -1.43. The van der Waals surface area contributed by atoms with E-state index in [4.69, 9.17) is 10.5 Å². The first kappa shape index (κ1) is 21.3. The van der Waals surface area contributed by atoms with Crippen LogP contribution in [0.2, 0.25) is 0 Å². The lowest BCUT2D eigenvalue weighted by Crippen LogP contribution is -2.57. The summed E-state index contributed by atoms with van der Waals surface area (Å²) in [5.74, 6) is -0.233. The van der Waals surface area contributed by atoms with E-state index < -0.39 is 12.1 Å². The topological polar surface area (TPSA) is 56.6 Å². The van der Waals surface area contributed by atoms with E-state index in [9.17, 15) is 4.79 Å². The molecule has 155 valence electrons. The highest BCUT2D eigenvalue weighted by Gasteiger charge is 2.37. The molecule has 1 heterocycles. The molecule has 1 aromatic carbocycles. The van der Waals surface area contributed by atoms with Gasteiger partial charge >= 0.3 is 5.97 Å². The lowest BCUT2D eigenvalue weighted by atomic mass is 9.93. The van der Waals surface area contributed by atoms with Crippen molar-refractivity contribution in [1.29, 1.82) is 0 Å². The Morgan fingerprint density at radius 2 is 1.79 bits per heavy atom. The summed E-state index contributed by atoms with van der Waals surface area (Å²) < 4.78 is 5.57. The van der Waals surface area contributed by atoms with Gasteiger partial charge in [0.05, 0.1) is 12.6 Å². The molecule has 1 aliphatic heterocycles. The van der Waals surface area contributed by atoms with Gasteiger partial charge in [-0.05, 0) is 24.8 Å². The largest absolute Gasteiger partial charge is 0.464 e. The highest BCUT2D eigenvalue weighted by molar-refractivity contribution is 5.77. The molecule has 1 unspecified atom stereocenters. The number of ether oxygens (including phenoxy) is 1. The number of piperazine rings is 1. The summed E-state index contributed by atoms with van der Waals surface area (Å²) in [4.78, 5) is 17.7. The summed E-state index contributed by atoms with van der Waals surface area (Å²) in [6.45, 7) is 6.21. The lowest BCUT2D eigenvalue weighted by molar-refractivity contribution is -0.152. The van der Waals surface area contributed by atoms with E-state index in [2.05, 4.69) is 16.7 Å². The molecule has 5 nitrogen and oxygen atoms in total. The molecule has 2 aliphatic rings. The molecule has 1 saturated carbocycles. The van der Waals surface area contributed by atoms with Gasteiger partial charge in [0, 0.05) is 32.2 Å². The molecule has 28 heavy (non-hydrogen) atoms. The molecule has 5 heteroatoms. The van der Waals surface area contributed by atoms with Gasteiger partial charge in [0.1, 0.15) is 6.04 Å². The standard InChI is InChI=1S/C23H36N3O2/c1-2-3-18-28-23(27)22(21(24)19-10-6-4-7-11-19)26-16-14-25(15-17-26)20-12-8-5-9-13-20/h4,6-7,10-11,20-22,24H,2-3,5,8-9,12-18H2,1H3/t21-,22?/m1/s1. The van der Waals surface area contributed by atoms with E-state index in [1.807, 2.05) is 30.3 Å². The summed E-state index contributed by atoms with van der Waals surface area (Å²) in [6, 6.07) is 9.31. The Labute approximate surface area is 170 Å². The second kappa shape index (κ2) is 10.9. The van der Waals surface area contributed by atoms with Crippen LogP contribution >= 0.6 is 0 Å². The highest BCUT2D eigenvalue weighted by Crippen LogP contribution is 2.26. The predicted octanol–water partition coefficient (Wildman–Crippen LogP) is 3.67. The van der Waals surface area contributed by atoms with Gasteiger partial charge in [-0.3, -0.25) is 14.6 Å². The smallest absolute Gasteiger partial charge is 0.325 e. The van der Waals surface area contributed by atoms with Gasteiger partial charge < -0.3 is 4.74 Å². The molecule has 0 amide bonds. The van der Waals surface area contributed by atoms with Crippen LogP contribution in [-0.2, 0) is 9.53 Å². The van der Waals surface area contributed by atoms with Crippen molar-refractivity contribution in [3.63, 3.8) is 0 Å². The minimum Gasteiger partial charge on any atom is -0.464 e. The summed E-state index contributed by atoms with van der Waals surface area (Å²) in [5.41, 5.74) is 9.69. The number of carbonyl (C=O) groups is 1. The molecule has 1 radical (unpaired) electrons. The van der Waals surface area contributed by atoms with Crippen molar-refractivity contribution in [1.82, 2.24) is 15.5 Å². The normalized spacial score (nSPS) is 21.9. The molecule has 1 aromatic rings. The molecule has 0 aromatic heterocycles. The minimum absolute atomic E-state index is 0.233. The second-order valence-electron chi connectivity index (χ2n) is 8.22. The number of nitrogens with zero attached hydrogens (tertiary/aromatic N) is 2. The third kappa shape index (κ3) is 5.56. The van der Waals surface area contributed by atoms with Crippen molar-refractivity contribution >= 4 is 5.97 Å². The zero-order valence-electron chi connectivity index (χ0n) is 17.3. The van der Waals surface area contributed by atoms with Gasteiger partial charge in [-0.15, -0.1) is 0 Å². The summed E-state index contributed by atoms with van der Waals surface area (Å²) >= 11 is 0. The number of benzene rings is 1. The Morgan fingerprint density at radius 1 is 1.11 bits per heavy atom. The summed E-state index contributed by atoms with van der Waals surface area (Å²) in [5, 5.41) is 0. The van der Waals surface area contributed by atoms with E-state index in [1.165, 1.54) is 32.1 Å². The lowest BCUT2D eigenvalue weighted by Gasteiger charge is -2.43. The third-order valence-corrected chi connectivity index (χ3v) is 6.29. The van der Waals surface area contributed by atoms with Gasteiger partial charge in [0.15, 0.2) is 0 Å². The molecule has 0 bridgehead atoms. The van der Waals surface area contributed by atoms with E-state index in [0.717, 1.165) is 44.6 Å². The Balaban J connectivity index is 1.65. The van der Waals surface area contributed by atoms with Crippen LogP contribution in [0.3, 0.4) is 0 Å². The number of hydrogen-bond donors (Lipinski definition) is 0. The third-order valence-electron chi connectivity index (χ3n) is 6.29. The van der Waals surface area contributed by atoms with Crippen molar-refractivity contribution in [3.05, 3.63) is 35.9 Å². The average molecular weight is 387 g/mol. The van der Waals surface area contributed by atoms with Crippen molar-refractivity contribution in [3.8, 4) is 0 Å². The van der Waals surface area contributed by atoms with Crippen LogP contribution in [0.4, 0.5) is 0 Å². The fourth-order valence-electron chi connectivity index (χ4n) is 4.57. The average Bonchev–Trinajstić information content (AvgIpc) is 2.76. The van der Waals surface area contributed by atoms with Gasteiger partial charge in [0.25, 0.3) is 0 Å². The maximum absolute atomic E-state index is 12.9. The summed E-state index contributed by atoms with van der Waals surface area (Å²) in [7, 11) is 0. The van der Waals surface area contributed by atoms with Crippen LogP contribution in [0.5, 0.6) is 0 Å². The molecular formula is C23H36N3O2. The first-order valence-electron chi connectivity index (χ1n) is 11.1. The van der Waals surface area contributed by atoms with E-state index in [1.54, 1.807) is 0 Å². The Bertz CT molecular complexity index is 581. The van der Waals surface area contributed by atoms with Crippen LogP contribution in [0, 0.1) is 0 Å². The van der Waals surface area contributed by atoms with Gasteiger partial charge in [0.2, 0.25) is 0 Å². The van der Waals surface area contributed by atoms with Crippen LogP contribution in [0.25, 0.3) is 0 Å². The van der Waals surface area contributed by atoms with E-state index in [-0.39, 0.29) is 5.97 Å². The van der Waals surface area contributed by atoms with Crippen LogP contribution in [-0.4, -0.2) is 60.6 Å². The van der Waals surface area contributed by atoms with Gasteiger partial charge in [-0.1, -0.05) is 62.9 Å². The number of unbranched alkanes of at least 4 members (excludes halogenated alkanes) is 1. The van der Waals surface area contributed by atoms with E-state index in [0.29, 0.717) is 12.6 Å².